The quantitative estimate of drug-likeness (QED) is 0.696. The molecule has 2 heterocycles. The summed E-state index contributed by atoms with van der Waals surface area (Å²) >= 11 is 0. The van der Waals surface area contributed by atoms with E-state index in [0.717, 1.165) is 17.1 Å². The van der Waals surface area contributed by atoms with Gasteiger partial charge in [0.1, 0.15) is 5.82 Å². The number of fused-ring (bicyclic) bond motifs is 1. The number of rotatable bonds is 1. The van der Waals surface area contributed by atoms with Gasteiger partial charge >= 0.3 is 0 Å². The number of nitrogens with two attached hydrogens (primary N) is 1. The van der Waals surface area contributed by atoms with Crippen molar-refractivity contribution in [2.45, 2.75) is 13.8 Å². The van der Waals surface area contributed by atoms with Crippen LogP contribution < -0.4 is 5.73 Å². The van der Waals surface area contributed by atoms with Crippen LogP contribution in [0.3, 0.4) is 0 Å². The standard InChI is InChI=1S/C15H15N3.CH3NO/c1-10-8-16-11(2)17-15(10)13-9-18(3)14-7-5-4-6-12(13)14;2-1-3/h4-9H,1-3H3;1H,(H2,2,3). The Balaban J connectivity index is 0.000000497. The molecule has 3 rings (SSSR count). The van der Waals surface area contributed by atoms with Gasteiger partial charge in [-0.3, -0.25) is 4.79 Å². The van der Waals surface area contributed by atoms with E-state index in [2.05, 4.69) is 64.7 Å². The van der Waals surface area contributed by atoms with Crippen LogP contribution in [0, 0.1) is 13.8 Å². The van der Waals surface area contributed by atoms with Gasteiger partial charge in [-0.1, -0.05) is 18.2 Å². The summed E-state index contributed by atoms with van der Waals surface area (Å²) < 4.78 is 2.14. The van der Waals surface area contributed by atoms with Crippen LogP contribution >= 0.6 is 0 Å². The molecular weight excluding hydrogens is 264 g/mol. The van der Waals surface area contributed by atoms with Gasteiger partial charge in [0, 0.05) is 35.9 Å². The highest BCUT2D eigenvalue weighted by molar-refractivity contribution is 5.95. The molecule has 3 aromatic rings. The molecule has 0 atom stereocenters. The zero-order valence-corrected chi connectivity index (χ0v) is 12.4. The Hall–Kier alpha value is -2.69. The van der Waals surface area contributed by atoms with Gasteiger partial charge in [-0.15, -0.1) is 0 Å². The lowest BCUT2D eigenvalue weighted by atomic mass is 10.1. The largest absolute Gasteiger partial charge is 0.372 e. The highest BCUT2D eigenvalue weighted by Gasteiger charge is 2.11. The number of aromatic nitrogens is 3. The van der Waals surface area contributed by atoms with Crippen molar-refractivity contribution < 1.29 is 4.79 Å². The average molecular weight is 282 g/mol. The summed E-state index contributed by atoms with van der Waals surface area (Å²) in [5.74, 6) is 0.809. The molecule has 5 nitrogen and oxygen atoms in total. The molecular formula is C16H18N4O. The average Bonchev–Trinajstić information content (AvgIpc) is 2.80. The second-order valence-electron chi connectivity index (χ2n) is 4.76. The third kappa shape index (κ3) is 2.91. The summed E-state index contributed by atoms with van der Waals surface area (Å²) in [5.41, 5.74) is 8.70. The Morgan fingerprint density at radius 1 is 1.24 bits per heavy atom. The Morgan fingerprint density at radius 3 is 2.62 bits per heavy atom. The van der Waals surface area contributed by atoms with Crippen molar-refractivity contribution in [3.63, 3.8) is 0 Å². The predicted molar refractivity (Wildman–Crippen MR) is 83.7 cm³/mol. The molecule has 0 aliphatic heterocycles. The molecule has 1 aromatic carbocycles. The van der Waals surface area contributed by atoms with Crippen LogP contribution in [0.1, 0.15) is 11.4 Å². The predicted octanol–water partition coefficient (Wildman–Crippen LogP) is 2.35. The van der Waals surface area contributed by atoms with Crippen LogP contribution in [0.2, 0.25) is 0 Å². The van der Waals surface area contributed by atoms with Gasteiger partial charge in [0.15, 0.2) is 0 Å². The fraction of sp³-hybridized carbons (Fsp3) is 0.188. The first-order chi connectivity index (χ1) is 10.1. The van der Waals surface area contributed by atoms with Crippen molar-refractivity contribution in [3.05, 3.63) is 48.0 Å². The first-order valence-electron chi connectivity index (χ1n) is 6.58. The molecule has 0 aliphatic rings. The zero-order valence-electron chi connectivity index (χ0n) is 12.4. The van der Waals surface area contributed by atoms with Crippen LogP contribution in [-0.2, 0) is 11.8 Å². The molecule has 21 heavy (non-hydrogen) atoms. The number of carbonyl (C=O) groups excluding carboxylic acids is 1. The minimum Gasteiger partial charge on any atom is -0.372 e. The van der Waals surface area contributed by atoms with Crippen molar-refractivity contribution in [1.82, 2.24) is 14.5 Å². The van der Waals surface area contributed by atoms with E-state index in [1.807, 2.05) is 13.1 Å². The number of carbonyl (C=O) groups is 1. The fourth-order valence-electron chi connectivity index (χ4n) is 2.33. The van der Waals surface area contributed by atoms with E-state index in [9.17, 15) is 0 Å². The Kier molecular flexibility index (Phi) is 4.33. The summed E-state index contributed by atoms with van der Waals surface area (Å²) in [6, 6.07) is 8.39. The van der Waals surface area contributed by atoms with E-state index in [0.29, 0.717) is 0 Å². The fourth-order valence-corrected chi connectivity index (χ4v) is 2.33. The van der Waals surface area contributed by atoms with Crippen LogP contribution in [0.15, 0.2) is 36.7 Å². The van der Waals surface area contributed by atoms with E-state index in [-0.39, 0.29) is 6.41 Å². The Morgan fingerprint density at radius 2 is 1.90 bits per heavy atom. The summed E-state index contributed by atoms with van der Waals surface area (Å²) in [5, 5.41) is 1.24. The number of hydrogen-bond donors (Lipinski definition) is 1. The number of para-hydroxylation sites is 1. The first kappa shape index (κ1) is 14.7. The summed E-state index contributed by atoms with van der Waals surface area (Å²) in [7, 11) is 2.06. The molecule has 0 fully saturated rings. The van der Waals surface area contributed by atoms with Gasteiger partial charge in [-0.05, 0) is 25.5 Å². The normalized spacial score (nSPS) is 10.0. The maximum absolute atomic E-state index is 8.58. The van der Waals surface area contributed by atoms with Gasteiger partial charge in [-0.25, -0.2) is 9.97 Å². The second kappa shape index (κ2) is 6.17. The number of benzene rings is 1. The van der Waals surface area contributed by atoms with Crippen LogP contribution in [0.5, 0.6) is 0 Å². The third-order valence-electron chi connectivity index (χ3n) is 3.24. The van der Waals surface area contributed by atoms with E-state index in [1.54, 1.807) is 0 Å². The Bertz CT molecular complexity index is 777. The van der Waals surface area contributed by atoms with E-state index < -0.39 is 0 Å². The lowest BCUT2D eigenvalue weighted by Crippen LogP contribution is -1.93. The molecule has 0 bridgehead atoms. The van der Waals surface area contributed by atoms with E-state index in [1.165, 1.54) is 16.5 Å². The molecule has 0 radical (unpaired) electrons. The van der Waals surface area contributed by atoms with Crippen molar-refractivity contribution in [2.75, 3.05) is 0 Å². The van der Waals surface area contributed by atoms with Gasteiger partial charge < -0.3 is 10.3 Å². The molecule has 0 saturated carbocycles. The van der Waals surface area contributed by atoms with Gasteiger partial charge in [0.25, 0.3) is 0 Å². The number of amides is 1. The number of primary amides is 1. The molecule has 0 unspecified atom stereocenters. The molecule has 0 saturated heterocycles. The lowest BCUT2D eigenvalue weighted by molar-refractivity contribution is -0.106. The molecule has 0 spiro atoms. The second-order valence-corrected chi connectivity index (χ2v) is 4.76. The number of aryl methyl sites for hydroxylation is 3. The molecule has 5 heteroatoms. The van der Waals surface area contributed by atoms with Gasteiger partial charge in [0.2, 0.25) is 6.41 Å². The van der Waals surface area contributed by atoms with Gasteiger partial charge in [0.05, 0.1) is 5.69 Å². The van der Waals surface area contributed by atoms with E-state index >= 15 is 0 Å². The van der Waals surface area contributed by atoms with Crippen LogP contribution in [0.25, 0.3) is 22.2 Å². The van der Waals surface area contributed by atoms with Crippen molar-refractivity contribution in [1.29, 1.82) is 0 Å². The van der Waals surface area contributed by atoms with Crippen LogP contribution in [-0.4, -0.2) is 20.9 Å². The van der Waals surface area contributed by atoms with Crippen molar-refractivity contribution in [3.8, 4) is 11.3 Å². The summed E-state index contributed by atoms with van der Waals surface area (Å²) in [6.45, 7) is 3.98. The van der Waals surface area contributed by atoms with Gasteiger partial charge in [-0.2, -0.15) is 0 Å². The van der Waals surface area contributed by atoms with Crippen molar-refractivity contribution in [2.24, 2.45) is 12.8 Å². The SMILES string of the molecule is Cc1ncc(C)c(-c2cn(C)c3ccccc23)n1.NC=O. The monoisotopic (exact) mass is 282 g/mol. The minimum atomic E-state index is 0.250. The lowest BCUT2D eigenvalue weighted by Gasteiger charge is -2.04. The number of nitrogens with zero attached hydrogens (tertiary/aromatic N) is 3. The summed E-state index contributed by atoms with van der Waals surface area (Å²) in [6.07, 6.45) is 4.28. The molecule has 2 aromatic heterocycles. The molecule has 0 aliphatic carbocycles. The summed E-state index contributed by atoms with van der Waals surface area (Å²) in [4.78, 5) is 17.4. The highest BCUT2D eigenvalue weighted by atomic mass is 16.1. The zero-order chi connectivity index (χ0) is 15.4. The molecule has 2 N–H and O–H groups in total. The smallest absolute Gasteiger partial charge is 0.204 e. The third-order valence-corrected chi connectivity index (χ3v) is 3.24. The maximum atomic E-state index is 8.58. The first-order valence-corrected chi connectivity index (χ1v) is 6.58. The van der Waals surface area contributed by atoms with E-state index in [4.69, 9.17) is 4.79 Å². The molecule has 108 valence electrons. The number of hydrogen-bond acceptors (Lipinski definition) is 3. The maximum Gasteiger partial charge on any atom is 0.204 e. The highest BCUT2D eigenvalue weighted by Crippen LogP contribution is 2.30. The van der Waals surface area contributed by atoms with Crippen LogP contribution in [0.4, 0.5) is 0 Å². The van der Waals surface area contributed by atoms with Crippen molar-refractivity contribution >= 4 is 17.3 Å². The molecule has 1 amide bonds. The topological polar surface area (TPSA) is 73.8 Å². The minimum absolute atomic E-state index is 0.250. The Labute approximate surface area is 123 Å².